The quantitative estimate of drug-likeness (QED) is 0.316. The number of allylic oxidation sites excluding steroid dienone is 2. The molecule has 0 radical (unpaired) electrons. The molecule has 2 aliphatic rings. The average Bonchev–Trinajstić information content (AvgIpc) is 3.49. The number of nitriles is 1. The summed E-state index contributed by atoms with van der Waals surface area (Å²) in [5.74, 6) is -3.15. The lowest BCUT2D eigenvalue weighted by molar-refractivity contribution is -0.237. The van der Waals surface area contributed by atoms with Crippen LogP contribution in [0.25, 0.3) is 5.70 Å². The standard InChI is InChI=1S/C30H30N2O9S2/c1-16(33)37-15-24-26(38-17(2)34)27(39-18(3)35)28(40-19(4)36)30(41-24)43-29-22(14-31)21(25-11-8-12-42-25)13-23(32-29)20-9-6-5-7-10-20/h5-13,21,24,26-28,30,32H,15H2,1-4H3/t21?,24-,26-,27+,28-,30+/m1/s1. The van der Waals surface area contributed by atoms with Crippen LogP contribution in [0.15, 0.2) is 64.5 Å². The Balaban J connectivity index is 1.79. The molecule has 43 heavy (non-hydrogen) atoms. The number of carbonyl (C=O) groups excluding carboxylic acids is 4. The highest BCUT2D eigenvalue weighted by atomic mass is 32.2. The molecule has 11 nitrogen and oxygen atoms in total. The average molecular weight is 627 g/mol. The molecule has 226 valence electrons. The minimum absolute atomic E-state index is 0.348. The molecule has 1 saturated heterocycles. The van der Waals surface area contributed by atoms with Crippen molar-refractivity contribution in [2.75, 3.05) is 6.61 Å². The second-order valence-electron chi connectivity index (χ2n) is 9.60. The summed E-state index contributed by atoms with van der Waals surface area (Å²) in [4.78, 5) is 49.2. The van der Waals surface area contributed by atoms with E-state index in [2.05, 4.69) is 11.4 Å². The molecule has 2 aliphatic heterocycles. The summed E-state index contributed by atoms with van der Waals surface area (Å²) < 4.78 is 28.1. The van der Waals surface area contributed by atoms with E-state index in [0.29, 0.717) is 10.6 Å². The van der Waals surface area contributed by atoms with Crippen LogP contribution in [0.5, 0.6) is 0 Å². The van der Waals surface area contributed by atoms with Crippen LogP contribution < -0.4 is 5.32 Å². The Labute approximate surface area is 256 Å². The number of nitrogens with one attached hydrogen (secondary N) is 1. The third-order valence-corrected chi connectivity index (χ3v) is 8.50. The molecule has 1 aromatic heterocycles. The van der Waals surface area contributed by atoms with E-state index in [1.54, 1.807) is 0 Å². The highest BCUT2D eigenvalue weighted by Gasteiger charge is 2.53. The minimum Gasteiger partial charge on any atom is -0.463 e. The second-order valence-corrected chi connectivity index (χ2v) is 11.7. The number of dihydropyridines is 1. The van der Waals surface area contributed by atoms with Gasteiger partial charge in [0.05, 0.1) is 22.6 Å². The van der Waals surface area contributed by atoms with E-state index in [1.165, 1.54) is 25.2 Å². The van der Waals surface area contributed by atoms with E-state index in [-0.39, 0.29) is 6.61 Å². The fourth-order valence-electron chi connectivity index (χ4n) is 4.71. The molecule has 0 aliphatic carbocycles. The smallest absolute Gasteiger partial charge is 0.303 e. The predicted octanol–water partition coefficient (Wildman–Crippen LogP) is 4.03. The molecule has 3 heterocycles. The van der Waals surface area contributed by atoms with Gasteiger partial charge >= 0.3 is 23.9 Å². The van der Waals surface area contributed by atoms with Gasteiger partial charge in [0, 0.05) is 38.3 Å². The number of ether oxygens (including phenoxy) is 5. The zero-order valence-electron chi connectivity index (χ0n) is 23.8. The van der Waals surface area contributed by atoms with Crippen molar-refractivity contribution in [1.29, 1.82) is 5.26 Å². The Morgan fingerprint density at radius 1 is 0.907 bits per heavy atom. The van der Waals surface area contributed by atoms with E-state index in [9.17, 15) is 24.4 Å². The van der Waals surface area contributed by atoms with Crippen LogP contribution in [0, 0.1) is 11.3 Å². The molecule has 6 atom stereocenters. The van der Waals surface area contributed by atoms with Gasteiger partial charge in [0.15, 0.2) is 23.7 Å². The third kappa shape index (κ3) is 8.04. The first kappa shape index (κ1) is 31.8. The van der Waals surface area contributed by atoms with Crippen molar-refractivity contribution in [3.05, 3.63) is 75.0 Å². The van der Waals surface area contributed by atoms with Gasteiger partial charge in [-0.15, -0.1) is 11.3 Å². The molecular weight excluding hydrogens is 596 g/mol. The first-order valence-electron chi connectivity index (χ1n) is 13.3. The number of rotatable bonds is 9. The number of hydrogen-bond donors (Lipinski definition) is 1. The topological polar surface area (TPSA) is 150 Å². The van der Waals surface area contributed by atoms with Gasteiger partial charge in [-0.05, 0) is 23.1 Å². The highest BCUT2D eigenvalue weighted by Crippen LogP contribution is 2.43. The van der Waals surface area contributed by atoms with Gasteiger partial charge in [-0.25, -0.2) is 0 Å². The van der Waals surface area contributed by atoms with Crippen molar-refractivity contribution in [3.63, 3.8) is 0 Å². The van der Waals surface area contributed by atoms with Gasteiger partial charge < -0.3 is 29.0 Å². The summed E-state index contributed by atoms with van der Waals surface area (Å²) in [7, 11) is 0. The van der Waals surface area contributed by atoms with E-state index in [0.717, 1.165) is 41.7 Å². The molecule has 2 aromatic rings. The van der Waals surface area contributed by atoms with Crippen LogP contribution in [0.3, 0.4) is 0 Å². The summed E-state index contributed by atoms with van der Waals surface area (Å²) in [5, 5.41) is 16.0. The van der Waals surface area contributed by atoms with E-state index in [1.807, 2.05) is 53.9 Å². The number of hydrogen-bond acceptors (Lipinski definition) is 13. The maximum absolute atomic E-state index is 12.3. The zero-order chi connectivity index (χ0) is 31.1. The Hall–Kier alpha value is -4.12. The molecule has 0 spiro atoms. The molecule has 13 heteroatoms. The van der Waals surface area contributed by atoms with Crippen molar-refractivity contribution < 1.29 is 42.9 Å². The molecule has 1 fully saturated rings. The molecule has 0 saturated carbocycles. The van der Waals surface area contributed by atoms with Crippen LogP contribution >= 0.6 is 23.1 Å². The van der Waals surface area contributed by atoms with Crippen LogP contribution in [0.1, 0.15) is 44.1 Å². The van der Waals surface area contributed by atoms with Crippen molar-refractivity contribution >= 4 is 52.7 Å². The van der Waals surface area contributed by atoms with Gasteiger partial charge in [-0.3, -0.25) is 19.2 Å². The zero-order valence-corrected chi connectivity index (χ0v) is 25.4. The maximum Gasteiger partial charge on any atom is 0.303 e. The second kappa shape index (κ2) is 14.4. The summed E-state index contributed by atoms with van der Waals surface area (Å²) >= 11 is 2.56. The number of carbonyl (C=O) groups is 4. The molecule has 1 N–H and O–H groups in total. The third-order valence-electron chi connectivity index (χ3n) is 6.37. The van der Waals surface area contributed by atoms with Gasteiger partial charge in [0.25, 0.3) is 0 Å². The predicted molar refractivity (Wildman–Crippen MR) is 157 cm³/mol. The van der Waals surface area contributed by atoms with Crippen molar-refractivity contribution in [2.24, 2.45) is 0 Å². The first-order valence-corrected chi connectivity index (χ1v) is 15.0. The molecule has 1 aromatic carbocycles. The lowest BCUT2D eigenvalue weighted by Gasteiger charge is -2.44. The fourth-order valence-corrected chi connectivity index (χ4v) is 6.76. The van der Waals surface area contributed by atoms with Crippen LogP contribution in [-0.4, -0.2) is 60.3 Å². The number of esters is 4. The molecule has 0 bridgehead atoms. The van der Waals surface area contributed by atoms with Crippen LogP contribution in [0.2, 0.25) is 0 Å². The fraction of sp³-hybridized carbons (Fsp3) is 0.367. The van der Waals surface area contributed by atoms with Crippen LogP contribution in [0.4, 0.5) is 0 Å². The summed E-state index contributed by atoms with van der Waals surface area (Å²) in [6, 6.07) is 15.7. The van der Waals surface area contributed by atoms with Gasteiger partial charge in [-0.2, -0.15) is 5.26 Å². The van der Waals surface area contributed by atoms with E-state index >= 15 is 0 Å². The van der Waals surface area contributed by atoms with Crippen LogP contribution in [-0.2, 0) is 42.9 Å². The van der Waals surface area contributed by atoms with Gasteiger partial charge in [0.2, 0.25) is 0 Å². The lowest BCUT2D eigenvalue weighted by Crippen LogP contribution is -2.61. The van der Waals surface area contributed by atoms with E-state index < -0.39 is 59.6 Å². The summed E-state index contributed by atoms with van der Waals surface area (Å²) in [6.45, 7) is 4.36. The Kier molecular flexibility index (Phi) is 10.6. The number of benzene rings is 1. The molecule has 4 rings (SSSR count). The lowest BCUT2D eigenvalue weighted by atomic mass is 9.93. The van der Waals surface area contributed by atoms with Gasteiger partial charge in [-0.1, -0.05) is 48.2 Å². The molecular formula is C30H30N2O9S2. The van der Waals surface area contributed by atoms with Crippen molar-refractivity contribution in [1.82, 2.24) is 5.32 Å². The van der Waals surface area contributed by atoms with Gasteiger partial charge in [0.1, 0.15) is 12.7 Å². The number of nitrogens with zero attached hydrogens (tertiary/aromatic N) is 1. The monoisotopic (exact) mass is 626 g/mol. The Bertz CT molecular complexity index is 1450. The largest absolute Gasteiger partial charge is 0.463 e. The van der Waals surface area contributed by atoms with E-state index in [4.69, 9.17) is 23.7 Å². The highest BCUT2D eigenvalue weighted by molar-refractivity contribution is 8.03. The van der Waals surface area contributed by atoms with Crippen molar-refractivity contribution in [2.45, 2.75) is 63.5 Å². The van der Waals surface area contributed by atoms with Crippen molar-refractivity contribution in [3.8, 4) is 6.07 Å². The summed E-state index contributed by atoms with van der Waals surface area (Å²) in [5.41, 5.74) is 0.914. The number of thioether (sulfide) groups is 1. The molecule has 1 unspecified atom stereocenters. The molecule has 0 amide bonds. The Morgan fingerprint density at radius 2 is 1.56 bits per heavy atom. The summed E-state index contributed by atoms with van der Waals surface area (Å²) in [6.07, 6.45) is -3.00. The first-order chi connectivity index (χ1) is 20.6. The minimum atomic E-state index is -1.32. The number of thiophene rings is 1. The Morgan fingerprint density at radius 3 is 2.14 bits per heavy atom. The SMILES string of the molecule is CC(=O)OC[C@H]1O[C@@H](SC2=C(C#N)C(c3cccs3)C=C(c3ccccc3)N2)[C@H](OC(C)=O)[C@@H](OC(C)=O)[C@@H]1OC(C)=O. The normalized spacial score (nSPS) is 25.0. The maximum atomic E-state index is 12.3.